The average Bonchev–Trinajstić information content (AvgIpc) is 3.33. The van der Waals surface area contributed by atoms with Crippen LogP contribution in [0.3, 0.4) is 0 Å². The smallest absolute Gasteiger partial charge is 0.174 e. The molecule has 1 aliphatic rings. The molecular formula is C25H33N5OS. The van der Waals surface area contributed by atoms with E-state index in [0.717, 1.165) is 65.9 Å². The van der Waals surface area contributed by atoms with Crippen LogP contribution in [0.5, 0.6) is 5.75 Å². The van der Waals surface area contributed by atoms with E-state index in [1.165, 1.54) is 11.1 Å². The molecule has 32 heavy (non-hydrogen) atoms. The summed E-state index contributed by atoms with van der Waals surface area (Å²) in [5.41, 5.74) is 10.7. The van der Waals surface area contributed by atoms with Crippen LogP contribution in [0, 0.1) is 5.41 Å². The molecule has 3 N–H and O–H groups in total. The van der Waals surface area contributed by atoms with E-state index >= 15 is 0 Å². The van der Waals surface area contributed by atoms with Crippen LogP contribution in [0.25, 0.3) is 17.1 Å². The molecule has 6 nitrogen and oxygen atoms in total. The van der Waals surface area contributed by atoms with Gasteiger partial charge in [-0.2, -0.15) is 0 Å². The van der Waals surface area contributed by atoms with Gasteiger partial charge in [0.25, 0.3) is 0 Å². The molecule has 170 valence electrons. The van der Waals surface area contributed by atoms with Crippen molar-refractivity contribution in [2.75, 3.05) is 25.4 Å². The van der Waals surface area contributed by atoms with Crippen molar-refractivity contribution in [2.45, 2.75) is 57.1 Å². The Kier molecular flexibility index (Phi) is 6.76. The molecule has 0 fully saturated rings. The summed E-state index contributed by atoms with van der Waals surface area (Å²) in [7, 11) is 0. The van der Waals surface area contributed by atoms with Gasteiger partial charge in [-0.05, 0) is 41.2 Å². The number of benzene rings is 1. The lowest BCUT2D eigenvalue weighted by atomic mass is 9.97. The summed E-state index contributed by atoms with van der Waals surface area (Å²) < 4.78 is 8.10. The Bertz CT molecular complexity index is 1130. The highest BCUT2D eigenvalue weighted by molar-refractivity contribution is 7.99. The molecule has 0 radical (unpaired) electrons. The van der Waals surface area contributed by atoms with Crippen molar-refractivity contribution in [3.63, 3.8) is 0 Å². The highest BCUT2D eigenvalue weighted by Crippen LogP contribution is 2.39. The maximum atomic E-state index is 6.17. The number of imidazole rings is 1. The van der Waals surface area contributed by atoms with Crippen LogP contribution >= 0.6 is 11.8 Å². The second-order valence-corrected chi connectivity index (χ2v) is 10.4. The van der Waals surface area contributed by atoms with Crippen LogP contribution in [0.1, 0.15) is 45.2 Å². The van der Waals surface area contributed by atoms with Crippen LogP contribution in [0.15, 0.2) is 40.5 Å². The van der Waals surface area contributed by atoms with Gasteiger partial charge in [0.15, 0.2) is 11.0 Å². The highest BCUT2D eigenvalue weighted by Gasteiger charge is 2.19. The van der Waals surface area contributed by atoms with E-state index < -0.39 is 0 Å². The molecule has 1 aromatic carbocycles. The number of hydrogen-bond acceptors (Lipinski definition) is 6. The maximum Gasteiger partial charge on any atom is 0.174 e. The van der Waals surface area contributed by atoms with Crippen molar-refractivity contribution < 1.29 is 4.74 Å². The fraction of sp³-hybridized carbons (Fsp3) is 0.440. The number of allylic oxidation sites excluding steroid dienone is 1. The third-order valence-corrected chi connectivity index (χ3v) is 6.45. The maximum absolute atomic E-state index is 6.17. The van der Waals surface area contributed by atoms with E-state index in [9.17, 15) is 0 Å². The number of ether oxygens (including phenoxy) is 1. The minimum Gasteiger partial charge on any atom is -0.493 e. The van der Waals surface area contributed by atoms with Crippen molar-refractivity contribution >= 4 is 34.7 Å². The molecule has 2 aromatic heterocycles. The predicted molar refractivity (Wildman–Crippen MR) is 133 cm³/mol. The Morgan fingerprint density at radius 1 is 1.31 bits per heavy atom. The number of anilines is 1. The minimum absolute atomic E-state index is 0.244. The van der Waals surface area contributed by atoms with Crippen LogP contribution in [0.4, 0.5) is 5.82 Å². The quantitative estimate of drug-likeness (QED) is 0.461. The second kappa shape index (κ2) is 9.55. The molecule has 0 aliphatic carbocycles. The number of pyridine rings is 1. The number of nitrogens with two attached hydrogens (primary N) is 1. The van der Waals surface area contributed by atoms with E-state index in [1.807, 2.05) is 6.07 Å². The Hall–Kier alpha value is -2.51. The summed E-state index contributed by atoms with van der Waals surface area (Å²) in [6, 6.07) is 6.41. The zero-order chi connectivity index (χ0) is 22.7. The number of aromatic nitrogens is 3. The Labute approximate surface area is 194 Å². The van der Waals surface area contributed by atoms with Gasteiger partial charge in [-0.15, -0.1) is 0 Å². The van der Waals surface area contributed by atoms with Crippen molar-refractivity contribution in [3.8, 4) is 5.75 Å². The molecule has 0 atom stereocenters. The van der Waals surface area contributed by atoms with Gasteiger partial charge in [0.05, 0.1) is 12.1 Å². The molecule has 4 rings (SSSR count). The Morgan fingerprint density at radius 3 is 2.94 bits per heavy atom. The van der Waals surface area contributed by atoms with E-state index in [2.05, 4.69) is 66.8 Å². The zero-order valence-electron chi connectivity index (χ0n) is 19.4. The van der Waals surface area contributed by atoms with Gasteiger partial charge in [-0.1, -0.05) is 51.6 Å². The first-order valence-electron chi connectivity index (χ1n) is 11.3. The Balaban J connectivity index is 1.68. The van der Waals surface area contributed by atoms with Crippen molar-refractivity contribution in [2.24, 2.45) is 5.41 Å². The molecule has 0 saturated carbocycles. The van der Waals surface area contributed by atoms with Crippen LogP contribution in [0.2, 0.25) is 0 Å². The number of hydrogen-bond donors (Lipinski definition) is 2. The fourth-order valence-electron chi connectivity index (χ4n) is 3.79. The summed E-state index contributed by atoms with van der Waals surface area (Å²) in [5.74, 6) is 1.45. The van der Waals surface area contributed by atoms with Gasteiger partial charge in [0, 0.05) is 37.1 Å². The second-order valence-electron chi connectivity index (χ2n) is 9.36. The van der Waals surface area contributed by atoms with Crippen molar-refractivity contribution in [3.05, 3.63) is 41.6 Å². The SMILES string of the molecule is CCC=Cc1cc2c(cc1Sc1nc3c(N)nccc3n1CCNCC(C)(C)C)OCC2. The van der Waals surface area contributed by atoms with Gasteiger partial charge in [0.2, 0.25) is 0 Å². The molecule has 0 bridgehead atoms. The topological polar surface area (TPSA) is 78.0 Å². The lowest BCUT2D eigenvalue weighted by molar-refractivity contribution is 0.356. The molecule has 0 saturated heterocycles. The van der Waals surface area contributed by atoms with Gasteiger partial charge >= 0.3 is 0 Å². The largest absolute Gasteiger partial charge is 0.493 e. The van der Waals surface area contributed by atoms with E-state index in [1.54, 1.807) is 18.0 Å². The van der Waals surface area contributed by atoms with Crippen LogP contribution in [-0.4, -0.2) is 34.2 Å². The normalized spacial score (nSPS) is 13.8. The summed E-state index contributed by atoms with van der Waals surface area (Å²) in [5, 5.41) is 4.49. The van der Waals surface area contributed by atoms with Gasteiger partial charge < -0.3 is 20.4 Å². The molecule has 1 aliphatic heterocycles. The molecule has 0 amide bonds. The number of nitrogens with one attached hydrogen (secondary N) is 1. The van der Waals surface area contributed by atoms with Crippen molar-refractivity contribution in [1.82, 2.24) is 19.9 Å². The predicted octanol–water partition coefficient (Wildman–Crippen LogP) is 5.16. The number of nitrogens with zero attached hydrogens (tertiary/aromatic N) is 3. The monoisotopic (exact) mass is 451 g/mol. The van der Waals surface area contributed by atoms with Gasteiger partial charge in [-0.25, -0.2) is 9.97 Å². The number of rotatable bonds is 8. The highest BCUT2D eigenvalue weighted by atomic mass is 32.2. The standard InChI is InChI=1S/C25H33N5OS/c1-5-6-7-18-14-17-9-13-31-20(17)15-21(18)32-24-29-22-19(8-10-28-23(22)26)30(24)12-11-27-16-25(2,3)4/h6-8,10,14-15,27H,5,9,11-13,16H2,1-4H3,(H2,26,28). The van der Waals surface area contributed by atoms with Crippen LogP contribution < -0.4 is 15.8 Å². The minimum atomic E-state index is 0.244. The summed E-state index contributed by atoms with van der Waals surface area (Å²) in [6.45, 7) is 12.2. The lowest BCUT2D eigenvalue weighted by Crippen LogP contribution is -2.29. The number of fused-ring (bicyclic) bond motifs is 2. The zero-order valence-corrected chi connectivity index (χ0v) is 20.3. The van der Waals surface area contributed by atoms with Gasteiger partial charge in [0.1, 0.15) is 11.3 Å². The number of nitrogen functional groups attached to an aromatic ring is 1. The van der Waals surface area contributed by atoms with Crippen molar-refractivity contribution in [1.29, 1.82) is 0 Å². The molecule has 7 heteroatoms. The molecule has 0 spiro atoms. The third-order valence-electron chi connectivity index (χ3n) is 5.38. The summed E-state index contributed by atoms with van der Waals surface area (Å²) >= 11 is 1.66. The van der Waals surface area contributed by atoms with Gasteiger partial charge in [-0.3, -0.25) is 0 Å². The molecular weight excluding hydrogens is 418 g/mol. The first-order valence-corrected chi connectivity index (χ1v) is 12.1. The van der Waals surface area contributed by atoms with E-state index in [4.69, 9.17) is 15.5 Å². The average molecular weight is 452 g/mol. The first kappa shape index (κ1) is 22.7. The fourth-order valence-corrected chi connectivity index (χ4v) is 4.83. The Morgan fingerprint density at radius 2 is 2.16 bits per heavy atom. The van der Waals surface area contributed by atoms with Crippen LogP contribution in [-0.2, 0) is 13.0 Å². The van der Waals surface area contributed by atoms with E-state index in [-0.39, 0.29) is 5.41 Å². The third kappa shape index (κ3) is 5.10. The molecule has 0 unspecified atom stereocenters. The molecule has 3 aromatic rings. The first-order chi connectivity index (χ1) is 15.4. The summed E-state index contributed by atoms with van der Waals surface area (Å²) in [6.07, 6.45) is 8.12. The lowest BCUT2D eigenvalue weighted by Gasteiger charge is -2.19. The van der Waals surface area contributed by atoms with E-state index in [0.29, 0.717) is 5.82 Å². The molecule has 3 heterocycles. The summed E-state index contributed by atoms with van der Waals surface area (Å²) in [4.78, 5) is 10.3.